The fourth-order valence-corrected chi connectivity index (χ4v) is 0. The maximum absolute atomic E-state index is 8.74. The summed E-state index contributed by atoms with van der Waals surface area (Å²) in [6.45, 7) is 0. The van der Waals surface area contributed by atoms with Gasteiger partial charge in [-0.3, -0.25) is 9.11 Å². The van der Waals surface area contributed by atoms with Crippen LogP contribution in [0.3, 0.4) is 0 Å². The summed E-state index contributed by atoms with van der Waals surface area (Å²) < 4.78 is 31.6. The molecule has 0 atom stereocenters. The number of guanidine groups is 1. The highest BCUT2D eigenvalue weighted by Gasteiger charge is 1.84. The lowest BCUT2D eigenvalue weighted by molar-refractivity contribution is 0.381. The lowest BCUT2D eigenvalue weighted by Gasteiger charge is -1.76. The highest BCUT2D eigenvalue weighted by atomic mass is 32.3. The first-order valence-corrected chi connectivity index (χ1v) is 4.34. The van der Waals surface area contributed by atoms with Gasteiger partial charge in [0.05, 0.1) is 0 Å². The molecule has 10 nitrogen and oxygen atoms in total. The fourth-order valence-electron chi connectivity index (χ4n) is 0. The average molecular weight is 248 g/mol. The minimum Gasteiger partial charge on any atom is -0.377 e. The molecule has 86 valence electrons. The van der Waals surface area contributed by atoms with Crippen LogP contribution in [0.1, 0.15) is 0 Å². The van der Waals surface area contributed by atoms with Gasteiger partial charge in [0.2, 0.25) is 5.96 Å². The van der Waals surface area contributed by atoms with Crippen LogP contribution >= 0.6 is 12.2 Å². The zero-order valence-electron chi connectivity index (χ0n) is 6.86. The van der Waals surface area contributed by atoms with Crippen molar-refractivity contribution in [2.45, 2.75) is 0 Å². The van der Waals surface area contributed by atoms with E-state index in [0.717, 1.165) is 0 Å². The normalized spacial score (nSPS) is 8.14. The molecular weight excluding hydrogens is 236 g/mol. The molecule has 0 saturated heterocycles. The smallest absolute Gasteiger partial charge is 0.377 e. The Kier molecular flexibility index (Phi) is 12.8. The quantitative estimate of drug-likeness (QED) is 0.0564. The molecule has 0 amide bonds. The van der Waals surface area contributed by atoms with Gasteiger partial charge >= 0.3 is 10.4 Å². The van der Waals surface area contributed by atoms with Gasteiger partial charge in [-0.25, -0.2) is 0 Å². The van der Waals surface area contributed by atoms with Gasteiger partial charge in [-0.05, 0) is 12.2 Å². The molecule has 0 rings (SSSR count). The Morgan fingerprint density at radius 3 is 1.21 bits per heavy atom. The molecule has 12 heteroatoms. The van der Waals surface area contributed by atoms with E-state index in [-0.39, 0.29) is 11.1 Å². The van der Waals surface area contributed by atoms with E-state index in [9.17, 15) is 0 Å². The van der Waals surface area contributed by atoms with Gasteiger partial charge in [-0.15, -0.1) is 5.10 Å². The minimum absolute atomic E-state index is 0.000000000000000222. The third-order valence-corrected chi connectivity index (χ3v) is 0.149. The predicted molar refractivity (Wildman–Crippen MR) is 55.1 cm³/mol. The van der Waals surface area contributed by atoms with Crippen LogP contribution in [0, 0.1) is 0 Å². The molecule has 14 heavy (non-hydrogen) atoms. The summed E-state index contributed by atoms with van der Waals surface area (Å²) in [5.41, 5.74) is 18.6. The molecule has 0 aromatic carbocycles. The number of nitrogens with zero attached hydrogens (tertiary/aromatic N) is 1. The highest BCUT2D eigenvalue weighted by molar-refractivity contribution is 7.80. The van der Waals surface area contributed by atoms with Gasteiger partial charge < -0.3 is 28.8 Å². The van der Waals surface area contributed by atoms with Crippen molar-refractivity contribution in [3.8, 4) is 0 Å². The minimum atomic E-state index is -4.67. The molecule has 0 aliphatic heterocycles. The number of hydrogen-bond donors (Lipinski definition) is 7. The maximum atomic E-state index is 8.74. The molecule has 0 unspecified atom stereocenters. The monoisotopic (exact) mass is 248 g/mol. The van der Waals surface area contributed by atoms with Crippen molar-refractivity contribution in [1.82, 2.24) is 0 Å². The zero-order valence-corrected chi connectivity index (χ0v) is 8.49. The zero-order chi connectivity index (χ0) is 12.4. The summed E-state index contributed by atoms with van der Waals surface area (Å²) in [6.07, 6.45) is 0. The third kappa shape index (κ3) is 2480. The van der Waals surface area contributed by atoms with Crippen LogP contribution in [0.5, 0.6) is 0 Å². The second-order valence-electron chi connectivity index (χ2n) is 1.40. The molecule has 0 saturated carbocycles. The molecule has 0 radical (unpaired) electrons. The molecule has 0 heterocycles. The van der Waals surface area contributed by atoms with E-state index in [2.05, 4.69) is 34.6 Å². The van der Waals surface area contributed by atoms with Crippen LogP contribution in [0.4, 0.5) is 0 Å². The SMILES string of the molecule is NC(N)=S.NN=C(N)N.O=S(=O)(O)O. The summed E-state index contributed by atoms with van der Waals surface area (Å²) in [5, 5.41) is 2.86. The number of hydrazone groups is 1. The number of rotatable bonds is 0. The standard InChI is InChI=1S/CH6N4.CH4N2S.H2O4S/c2-1(3)5-4;2-1(3)4;1-5(2,3)4/h4H2,(H4,2,3,5);(H4,2,3,4);(H2,1,2,3,4). The van der Waals surface area contributed by atoms with E-state index in [0.29, 0.717) is 0 Å². The predicted octanol–water partition coefficient (Wildman–Crippen LogP) is -3.33. The van der Waals surface area contributed by atoms with Gasteiger partial charge in [0, 0.05) is 0 Å². The van der Waals surface area contributed by atoms with Crippen molar-refractivity contribution in [1.29, 1.82) is 0 Å². The third-order valence-electron chi connectivity index (χ3n) is 0.149. The Morgan fingerprint density at radius 1 is 1.14 bits per heavy atom. The molecule has 0 bridgehead atoms. The molecule has 0 aliphatic rings. The van der Waals surface area contributed by atoms with Crippen LogP contribution < -0.4 is 28.8 Å². The Morgan fingerprint density at radius 2 is 1.21 bits per heavy atom. The molecule has 0 aliphatic carbocycles. The Labute approximate surface area is 85.7 Å². The van der Waals surface area contributed by atoms with E-state index >= 15 is 0 Å². The number of thiocarbonyl (C=S) groups is 1. The molecular formula is C2H12N6O4S2. The Balaban J connectivity index is -0.000000131. The van der Waals surface area contributed by atoms with Gasteiger partial charge in [0.25, 0.3) is 0 Å². The second kappa shape index (κ2) is 9.72. The second-order valence-corrected chi connectivity index (χ2v) is 2.77. The van der Waals surface area contributed by atoms with Crippen LogP contribution in [0.15, 0.2) is 5.10 Å². The van der Waals surface area contributed by atoms with Crippen LogP contribution in [-0.4, -0.2) is 28.6 Å². The molecule has 0 aromatic heterocycles. The first kappa shape index (κ1) is 18.4. The summed E-state index contributed by atoms with van der Waals surface area (Å²) >= 11 is 4.09. The summed E-state index contributed by atoms with van der Waals surface area (Å²) in [6, 6.07) is 0. The van der Waals surface area contributed by atoms with E-state index in [1.807, 2.05) is 0 Å². The molecule has 0 aromatic rings. The molecule has 0 fully saturated rings. The van der Waals surface area contributed by atoms with Gasteiger partial charge in [-0.1, -0.05) is 0 Å². The molecule has 0 spiro atoms. The maximum Gasteiger partial charge on any atom is 0.394 e. The average Bonchev–Trinajstić information content (AvgIpc) is 1.82. The van der Waals surface area contributed by atoms with Crippen molar-refractivity contribution in [2.24, 2.45) is 33.9 Å². The largest absolute Gasteiger partial charge is 0.394 e. The van der Waals surface area contributed by atoms with Crippen molar-refractivity contribution >= 4 is 33.7 Å². The summed E-state index contributed by atoms with van der Waals surface area (Å²) in [4.78, 5) is 0. The first-order valence-electron chi connectivity index (χ1n) is 2.54. The Hall–Kier alpha value is -1.37. The van der Waals surface area contributed by atoms with Crippen molar-refractivity contribution in [3.63, 3.8) is 0 Å². The highest BCUT2D eigenvalue weighted by Crippen LogP contribution is 1.59. The van der Waals surface area contributed by atoms with E-state index in [1.165, 1.54) is 0 Å². The van der Waals surface area contributed by atoms with Crippen LogP contribution in [0.25, 0.3) is 0 Å². The lowest BCUT2D eigenvalue weighted by atomic mass is 11.1. The van der Waals surface area contributed by atoms with E-state index in [1.54, 1.807) is 0 Å². The topological polar surface area (TPSA) is 217 Å². The fraction of sp³-hybridized carbons (Fsp3) is 0. The van der Waals surface area contributed by atoms with Crippen molar-refractivity contribution in [3.05, 3.63) is 0 Å². The summed E-state index contributed by atoms with van der Waals surface area (Å²) in [7, 11) is -4.67. The van der Waals surface area contributed by atoms with Crippen molar-refractivity contribution < 1.29 is 17.5 Å². The first-order chi connectivity index (χ1) is 6.00. The lowest BCUT2D eigenvalue weighted by Crippen LogP contribution is -2.23. The molecule has 12 N–H and O–H groups in total. The number of hydrogen-bond acceptors (Lipinski definition) is 5. The van der Waals surface area contributed by atoms with Gasteiger partial charge in [0.15, 0.2) is 5.11 Å². The van der Waals surface area contributed by atoms with E-state index < -0.39 is 10.4 Å². The van der Waals surface area contributed by atoms with Crippen LogP contribution in [0.2, 0.25) is 0 Å². The van der Waals surface area contributed by atoms with Crippen LogP contribution in [-0.2, 0) is 10.4 Å². The van der Waals surface area contributed by atoms with Crippen molar-refractivity contribution in [2.75, 3.05) is 0 Å². The number of nitrogens with two attached hydrogens (primary N) is 5. The Bertz CT molecular complexity index is 256. The van der Waals surface area contributed by atoms with Gasteiger partial charge in [-0.2, -0.15) is 8.42 Å². The van der Waals surface area contributed by atoms with E-state index in [4.69, 9.17) is 29.0 Å². The summed E-state index contributed by atoms with van der Waals surface area (Å²) in [5.74, 6) is 4.42. The van der Waals surface area contributed by atoms with Gasteiger partial charge in [0.1, 0.15) is 0 Å².